The predicted octanol–water partition coefficient (Wildman–Crippen LogP) is 3.01. The van der Waals surface area contributed by atoms with E-state index >= 15 is 0 Å². The summed E-state index contributed by atoms with van der Waals surface area (Å²) in [6.07, 6.45) is 0. The minimum Gasteiger partial charge on any atom is -0.378 e. The smallest absolute Gasteiger partial charge is 0.258 e. The highest BCUT2D eigenvalue weighted by molar-refractivity contribution is 5.77. The Balaban J connectivity index is 1.77. The molecule has 3 aromatic rings. The molecule has 0 aliphatic carbocycles. The Labute approximate surface area is 147 Å². The summed E-state index contributed by atoms with van der Waals surface area (Å²) in [6, 6.07) is 16.0. The molecule has 2 aromatic carbocycles. The third-order valence-corrected chi connectivity index (χ3v) is 4.34. The minimum absolute atomic E-state index is 0.0769. The molecule has 1 N–H and O–H groups in total. The molecule has 0 amide bonds. The van der Waals surface area contributed by atoms with Gasteiger partial charge in [0.1, 0.15) is 5.82 Å². The maximum Gasteiger partial charge on any atom is 0.258 e. The van der Waals surface area contributed by atoms with Gasteiger partial charge in [-0.15, -0.1) is 0 Å². The number of aromatic amines is 1. The van der Waals surface area contributed by atoms with Crippen molar-refractivity contribution in [1.82, 2.24) is 14.9 Å². The van der Waals surface area contributed by atoms with E-state index in [2.05, 4.69) is 51.0 Å². The second-order valence-corrected chi connectivity index (χ2v) is 6.39. The zero-order valence-electron chi connectivity index (χ0n) is 15.0. The first-order valence-electron chi connectivity index (χ1n) is 8.53. The van der Waals surface area contributed by atoms with Gasteiger partial charge in [-0.3, -0.25) is 9.69 Å². The van der Waals surface area contributed by atoms with Crippen LogP contribution in [-0.4, -0.2) is 35.5 Å². The van der Waals surface area contributed by atoms with Gasteiger partial charge in [0.25, 0.3) is 5.56 Å². The molecule has 0 saturated carbocycles. The summed E-state index contributed by atoms with van der Waals surface area (Å²) in [7, 11) is 4.07. The first-order chi connectivity index (χ1) is 12.1. The molecule has 5 heteroatoms. The fourth-order valence-corrected chi connectivity index (χ4v) is 2.86. The van der Waals surface area contributed by atoms with E-state index in [0.29, 0.717) is 17.8 Å². The molecule has 3 rings (SSSR count). The Morgan fingerprint density at radius 3 is 2.40 bits per heavy atom. The van der Waals surface area contributed by atoms with Crippen LogP contribution in [0, 0.1) is 0 Å². The highest BCUT2D eigenvalue weighted by atomic mass is 16.1. The van der Waals surface area contributed by atoms with E-state index in [1.807, 2.05) is 32.3 Å². The maximum absolute atomic E-state index is 12.2. The number of aromatic nitrogens is 2. The van der Waals surface area contributed by atoms with E-state index in [0.717, 1.165) is 18.6 Å². The van der Waals surface area contributed by atoms with Crippen molar-refractivity contribution in [3.63, 3.8) is 0 Å². The molecule has 0 atom stereocenters. The van der Waals surface area contributed by atoms with Crippen LogP contribution < -0.4 is 10.5 Å². The summed E-state index contributed by atoms with van der Waals surface area (Å²) in [6.45, 7) is 4.44. The van der Waals surface area contributed by atoms with Gasteiger partial charge in [-0.1, -0.05) is 31.2 Å². The fourth-order valence-electron chi connectivity index (χ4n) is 2.86. The van der Waals surface area contributed by atoms with Gasteiger partial charge in [0.05, 0.1) is 17.4 Å². The number of para-hydroxylation sites is 1. The standard InChI is InChI=1S/C20H24N4O/c1-4-24(13-15-9-11-16(12-10-15)23(2)3)14-19-21-18-8-6-5-7-17(18)20(25)22-19/h5-12H,4,13-14H2,1-3H3,(H,21,22,25). The average Bonchev–Trinajstić information content (AvgIpc) is 2.61. The Morgan fingerprint density at radius 1 is 1.00 bits per heavy atom. The lowest BCUT2D eigenvalue weighted by atomic mass is 10.2. The Hall–Kier alpha value is -2.66. The van der Waals surface area contributed by atoms with Crippen LogP contribution in [0.25, 0.3) is 10.9 Å². The monoisotopic (exact) mass is 336 g/mol. The van der Waals surface area contributed by atoms with Gasteiger partial charge < -0.3 is 9.88 Å². The predicted molar refractivity (Wildman–Crippen MR) is 103 cm³/mol. The van der Waals surface area contributed by atoms with Crippen LogP contribution in [0.1, 0.15) is 18.3 Å². The van der Waals surface area contributed by atoms with Gasteiger partial charge >= 0.3 is 0 Å². The number of benzene rings is 2. The lowest BCUT2D eigenvalue weighted by Gasteiger charge is -2.20. The lowest BCUT2D eigenvalue weighted by molar-refractivity contribution is 0.264. The zero-order valence-corrected chi connectivity index (χ0v) is 15.0. The first-order valence-corrected chi connectivity index (χ1v) is 8.53. The van der Waals surface area contributed by atoms with E-state index in [4.69, 9.17) is 0 Å². The number of nitrogens with one attached hydrogen (secondary N) is 1. The number of rotatable bonds is 6. The topological polar surface area (TPSA) is 52.2 Å². The Kier molecular flexibility index (Phi) is 5.14. The van der Waals surface area contributed by atoms with Crippen LogP contribution in [-0.2, 0) is 13.1 Å². The molecule has 0 saturated heterocycles. The van der Waals surface area contributed by atoms with Crippen molar-refractivity contribution < 1.29 is 0 Å². The fraction of sp³-hybridized carbons (Fsp3) is 0.300. The van der Waals surface area contributed by atoms with Crippen molar-refractivity contribution in [3.05, 3.63) is 70.3 Å². The van der Waals surface area contributed by atoms with Crippen molar-refractivity contribution in [2.45, 2.75) is 20.0 Å². The average molecular weight is 336 g/mol. The molecule has 25 heavy (non-hydrogen) atoms. The molecule has 0 spiro atoms. The molecule has 5 nitrogen and oxygen atoms in total. The third kappa shape index (κ3) is 4.06. The van der Waals surface area contributed by atoms with Crippen molar-refractivity contribution in [1.29, 1.82) is 0 Å². The maximum atomic E-state index is 12.2. The second kappa shape index (κ2) is 7.49. The van der Waals surface area contributed by atoms with Gasteiger partial charge in [-0.25, -0.2) is 4.98 Å². The van der Waals surface area contributed by atoms with Crippen molar-refractivity contribution in [2.24, 2.45) is 0 Å². The van der Waals surface area contributed by atoms with Gasteiger partial charge in [0.15, 0.2) is 0 Å². The van der Waals surface area contributed by atoms with Crippen LogP contribution in [0.4, 0.5) is 5.69 Å². The molecule has 0 bridgehead atoms. The van der Waals surface area contributed by atoms with E-state index < -0.39 is 0 Å². The summed E-state index contributed by atoms with van der Waals surface area (Å²) >= 11 is 0. The number of nitrogens with zero attached hydrogens (tertiary/aromatic N) is 3. The SMILES string of the molecule is CCN(Cc1ccc(N(C)C)cc1)Cc1nc2ccccc2c(=O)[nH]1. The number of fused-ring (bicyclic) bond motifs is 1. The van der Waals surface area contributed by atoms with Crippen LogP contribution in [0.5, 0.6) is 0 Å². The minimum atomic E-state index is -0.0769. The summed E-state index contributed by atoms with van der Waals surface area (Å²) in [5.41, 5.74) is 3.10. The van der Waals surface area contributed by atoms with E-state index in [-0.39, 0.29) is 5.56 Å². The quantitative estimate of drug-likeness (QED) is 0.752. The summed E-state index contributed by atoms with van der Waals surface area (Å²) < 4.78 is 0. The molecule has 0 fully saturated rings. The van der Waals surface area contributed by atoms with Crippen LogP contribution in [0.3, 0.4) is 0 Å². The number of anilines is 1. The molecule has 0 radical (unpaired) electrons. The van der Waals surface area contributed by atoms with E-state index in [1.165, 1.54) is 11.3 Å². The highest BCUT2D eigenvalue weighted by Gasteiger charge is 2.09. The van der Waals surface area contributed by atoms with E-state index in [9.17, 15) is 4.79 Å². The molecule has 0 aliphatic rings. The first kappa shape index (κ1) is 17.2. The molecule has 1 aromatic heterocycles. The lowest BCUT2D eigenvalue weighted by Crippen LogP contribution is -2.25. The molecular weight excluding hydrogens is 312 g/mol. The molecule has 130 valence electrons. The highest BCUT2D eigenvalue weighted by Crippen LogP contribution is 2.15. The largest absolute Gasteiger partial charge is 0.378 e. The van der Waals surface area contributed by atoms with Gasteiger partial charge in [-0.2, -0.15) is 0 Å². The Morgan fingerprint density at radius 2 is 1.72 bits per heavy atom. The second-order valence-electron chi connectivity index (χ2n) is 6.39. The van der Waals surface area contributed by atoms with Crippen molar-refractivity contribution in [2.75, 3.05) is 25.5 Å². The number of H-pyrrole nitrogens is 1. The number of hydrogen-bond donors (Lipinski definition) is 1. The zero-order chi connectivity index (χ0) is 17.8. The molecule has 1 heterocycles. The third-order valence-electron chi connectivity index (χ3n) is 4.34. The summed E-state index contributed by atoms with van der Waals surface area (Å²) in [5.74, 6) is 0.704. The van der Waals surface area contributed by atoms with Crippen molar-refractivity contribution >= 4 is 16.6 Å². The van der Waals surface area contributed by atoms with Crippen LogP contribution in [0.2, 0.25) is 0 Å². The molecular formula is C20H24N4O. The van der Waals surface area contributed by atoms with Gasteiger partial charge in [-0.05, 0) is 36.4 Å². The summed E-state index contributed by atoms with van der Waals surface area (Å²) in [4.78, 5) is 24.1. The van der Waals surface area contributed by atoms with Gasteiger partial charge in [0.2, 0.25) is 0 Å². The van der Waals surface area contributed by atoms with Crippen LogP contribution in [0.15, 0.2) is 53.3 Å². The number of hydrogen-bond acceptors (Lipinski definition) is 4. The molecule has 0 unspecified atom stereocenters. The van der Waals surface area contributed by atoms with Crippen molar-refractivity contribution in [3.8, 4) is 0 Å². The van der Waals surface area contributed by atoms with Crippen LogP contribution >= 0.6 is 0 Å². The van der Waals surface area contributed by atoms with E-state index in [1.54, 1.807) is 6.07 Å². The molecule has 0 aliphatic heterocycles. The normalized spacial score (nSPS) is 11.2. The Bertz CT molecular complexity index is 899. The summed E-state index contributed by atoms with van der Waals surface area (Å²) in [5, 5.41) is 0.633. The van der Waals surface area contributed by atoms with Gasteiger partial charge in [0, 0.05) is 26.3 Å².